The molecule has 2 aromatic rings. The van der Waals surface area contributed by atoms with Crippen molar-refractivity contribution in [1.29, 1.82) is 0 Å². The number of nitro benzene ring substituents is 1. The van der Waals surface area contributed by atoms with E-state index in [9.17, 15) is 15.2 Å². The van der Waals surface area contributed by atoms with Gasteiger partial charge in [0.1, 0.15) is 12.4 Å². The van der Waals surface area contributed by atoms with E-state index in [0.717, 1.165) is 0 Å². The summed E-state index contributed by atoms with van der Waals surface area (Å²) in [5.41, 5.74) is 0.948. The number of rotatable bonds is 5. The van der Waals surface area contributed by atoms with Crippen LogP contribution in [0, 0.1) is 10.1 Å². The summed E-state index contributed by atoms with van der Waals surface area (Å²) in [6, 6.07) is 10.7. The molecule has 104 valence electrons. The third-order valence-electron chi connectivity index (χ3n) is 2.71. The summed E-state index contributed by atoms with van der Waals surface area (Å²) >= 11 is 0. The molecule has 6 heteroatoms. The molecule has 2 N–H and O–H groups in total. The lowest BCUT2D eigenvalue weighted by Gasteiger charge is -2.08. The Morgan fingerprint density at radius 3 is 2.60 bits per heavy atom. The Labute approximate surface area is 115 Å². The quantitative estimate of drug-likeness (QED) is 0.645. The van der Waals surface area contributed by atoms with Crippen LogP contribution in [0.15, 0.2) is 42.5 Å². The van der Waals surface area contributed by atoms with Gasteiger partial charge < -0.3 is 14.9 Å². The topological polar surface area (TPSA) is 92.8 Å². The first kappa shape index (κ1) is 13.8. The molecule has 2 aromatic carbocycles. The Bertz CT molecular complexity index is 627. The Morgan fingerprint density at radius 2 is 1.95 bits per heavy atom. The van der Waals surface area contributed by atoms with Crippen LogP contribution in [0.2, 0.25) is 0 Å². The number of aliphatic hydroxyl groups excluding tert-OH is 1. The average molecular weight is 275 g/mol. The van der Waals surface area contributed by atoms with Gasteiger partial charge in [-0.2, -0.15) is 0 Å². The van der Waals surface area contributed by atoms with Crippen LogP contribution >= 0.6 is 0 Å². The fourth-order valence-electron chi connectivity index (χ4n) is 1.73. The van der Waals surface area contributed by atoms with Gasteiger partial charge in [0.15, 0.2) is 5.75 Å². The largest absolute Gasteiger partial charge is 0.508 e. The molecule has 2 rings (SSSR count). The van der Waals surface area contributed by atoms with Crippen molar-refractivity contribution in [3.05, 3.63) is 63.7 Å². The highest BCUT2D eigenvalue weighted by atomic mass is 16.6. The van der Waals surface area contributed by atoms with E-state index >= 15 is 0 Å². The number of phenols is 1. The smallest absolute Gasteiger partial charge is 0.311 e. The van der Waals surface area contributed by atoms with Crippen LogP contribution in [0.4, 0.5) is 5.69 Å². The zero-order valence-electron chi connectivity index (χ0n) is 10.5. The van der Waals surface area contributed by atoms with Crippen molar-refractivity contribution >= 4 is 5.69 Å². The fourth-order valence-corrected chi connectivity index (χ4v) is 1.73. The minimum atomic E-state index is -0.559. The zero-order valence-corrected chi connectivity index (χ0v) is 10.5. The van der Waals surface area contributed by atoms with Crippen molar-refractivity contribution in [3.63, 3.8) is 0 Å². The van der Waals surface area contributed by atoms with Gasteiger partial charge in [-0.3, -0.25) is 10.1 Å². The number of ether oxygens (including phenoxy) is 1. The van der Waals surface area contributed by atoms with Crippen molar-refractivity contribution in [1.82, 2.24) is 0 Å². The van der Waals surface area contributed by atoms with E-state index in [1.165, 1.54) is 24.3 Å². The van der Waals surface area contributed by atoms with Crippen molar-refractivity contribution < 1.29 is 19.9 Å². The molecule has 0 aromatic heterocycles. The van der Waals surface area contributed by atoms with Crippen molar-refractivity contribution in [3.8, 4) is 11.5 Å². The number of hydrogen-bond donors (Lipinski definition) is 2. The third kappa shape index (κ3) is 3.24. The lowest BCUT2D eigenvalue weighted by molar-refractivity contribution is -0.386. The lowest BCUT2D eigenvalue weighted by atomic mass is 10.2. The number of hydrogen-bond acceptors (Lipinski definition) is 5. The van der Waals surface area contributed by atoms with Crippen LogP contribution in [0.5, 0.6) is 11.5 Å². The van der Waals surface area contributed by atoms with Crippen LogP contribution in [0.25, 0.3) is 0 Å². The number of aromatic hydroxyl groups is 1. The normalized spacial score (nSPS) is 10.2. The number of nitrogens with zero attached hydrogens (tertiary/aromatic N) is 1. The molecule has 0 aliphatic rings. The Balaban J connectivity index is 2.18. The van der Waals surface area contributed by atoms with Crippen molar-refractivity contribution in [2.75, 3.05) is 0 Å². The first-order valence-electron chi connectivity index (χ1n) is 5.89. The summed E-state index contributed by atoms with van der Waals surface area (Å²) in [5.74, 6) is 0.228. The number of nitro groups is 1. The predicted molar refractivity (Wildman–Crippen MR) is 71.5 cm³/mol. The second-order valence-corrected chi connectivity index (χ2v) is 4.18. The molecule has 0 aliphatic carbocycles. The van der Waals surface area contributed by atoms with E-state index in [4.69, 9.17) is 9.84 Å². The molecule has 0 atom stereocenters. The van der Waals surface area contributed by atoms with Crippen molar-refractivity contribution in [2.45, 2.75) is 13.2 Å². The Kier molecular flexibility index (Phi) is 4.17. The van der Waals surface area contributed by atoms with Crippen LogP contribution in [-0.2, 0) is 13.2 Å². The maximum absolute atomic E-state index is 11.0. The van der Waals surface area contributed by atoms with Gasteiger partial charge in [-0.1, -0.05) is 18.2 Å². The zero-order chi connectivity index (χ0) is 14.5. The molecule has 20 heavy (non-hydrogen) atoms. The van der Waals surface area contributed by atoms with Gasteiger partial charge in [-0.05, 0) is 29.3 Å². The maximum Gasteiger partial charge on any atom is 0.311 e. The molecule has 0 amide bonds. The summed E-state index contributed by atoms with van der Waals surface area (Å²) < 4.78 is 5.40. The summed E-state index contributed by atoms with van der Waals surface area (Å²) in [4.78, 5) is 10.4. The molecular formula is C14H13NO5. The van der Waals surface area contributed by atoms with Gasteiger partial charge in [0.05, 0.1) is 11.5 Å². The van der Waals surface area contributed by atoms with Gasteiger partial charge in [0, 0.05) is 6.07 Å². The highest BCUT2D eigenvalue weighted by Gasteiger charge is 2.16. The average Bonchev–Trinajstić information content (AvgIpc) is 2.45. The van der Waals surface area contributed by atoms with Gasteiger partial charge in [-0.15, -0.1) is 0 Å². The Morgan fingerprint density at radius 1 is 1.15 bits per heavy atom. The summed E-state index contributed by atoms with van der Waals surface area (Å²) in [6.07, 6.45) is 0. The van der Waals surface area contributed by atoms with Crippen molar-refractivity contribution in [2.24, 2.45) is 0 Å². The first-order chi connectivity index (χ1) is 9.60. The second kappa shape index (κ2) is 6.03. The molecule has 0 unspecified atom stereocenters. The highest BCUT2D eigenvalue weighted by molar-refractivity contribution is 5.48. The van der Waals surface area contributed by atoms with E-state index in [-0.39, 0.29) is 30.4 Å². The molecule has 6 nitrogen and oxygen atoms in total. The molecule has 0 heterocycles. The molecule has 0 radical (unpaired) electrons. The molecule has 0 saturated carbocycles. The molecule has 0 aliphatic heterocycles. The molecular weight excluding hydrogens is 262 g/mol. The van der Waals surface area contributed by atoms with Crippen LogP contribution in [0.1, 0.15) is 11.1 Å². The fraction of sp³-hybridized carbons (Fsp3) is 0.143. The van der Waals surface area contributed by atoms with E-state index in [0.29, 0.717) is 11.1 Å². The highest BCUT2D eigenvalue weighted by Crippen LogP contribution is 2.29. The van der Waals surface area contributed by atoms with E-state index in [2.05, 4.69) is 0 Å². The molecule has 0 saturated heterocycles. The second-order valence-electron chi connectivity index (χ2n) is 4.18. The number of phenolic OH excluding ortho intramolecular Hbond substituents is 1. The minimum Gasteiger partial charge on any atom is -0.508 e. The summed E-state index contributed by atoms with van der Waals surface area (Å²) in [5, 5.41) is 29.3. The monoisotopic (exact) mass is 275 g/mol. The standard InChI is InChI=1S/C14H13NO5/c16-8-10-4-5-14(13(7-10)15(18)19)20-9-11-2-1-3-12(17)6-11/h1-7,16-17H,8-9H2. The lowest BCUT2D eigenvalue weighted by Crippen LogP contribution is -2.00. The number of benzene rings is 2. The maximum atomic E-state index is 11.0. The summed E-state index contributed by atoms with van der Waals surface area (Å²) in [7, 11) is 0. The van der Waals surface area contributed by atoms with Crippen LogP contribution < -0.4 is 4.74 Å². The van der Waals surface area contributed by atoms with E-state index in [1.807, 2.05) is 0 Å². The van der Waals surface area contributed by atoms with E-state index < -0.39 is 4.92 Å². The minimum absolute atomic E-state index is 0.105. The molecule has 0 fully saturated rings. The van der Waals surface area contributed by atoms with Crippen LogP contribution in [-0.4, -0.2) is 15.1 Å². The van der Waals surface area contributed by atoms with Gasteiger partial charge >= 0.3 is 5.69 Å². The predicted octanol–water partition coefficient (Wildman–Crippen LogP) is 2.37. The van der Waals surface area contributed by atoms with Crippen LogP contribution in [0.3, 0.4) is 0 Å². The Hall–Kier alpha value is -2.60. The van der Waals surface area contributed by atoms with Gasteiger partial charge in [0.2, 0.25) is 0 Å². The van der Waals surface area contributed by atoms with Gasteiger partial charge in [0.25, 0.3) is 0 Å². The SMILES string of the molecule is O=[N+]([O-])c1cc(CO)ccc1OCc1cccc(O)c1. The molecule has 0 spiro atoms. The number of aliphatic hydroxyl groups is 1. The third-order valence-corrected chi connectivity index (χ3v) is 2.71. The van der Waals surface area contributed by atoms with E-state index in [1.54, 1.807) is 18.2 Å². The summed E-state index contributed by atoms with van der Waals surface area (Å²) in [6.45, 7) is -0.165. The molecule has 0 bridgehead atoms. The van der Waals surface area contributed by atoms with Gasteiger partial charge in [-0.25, -0.2) is 0 Å². The first-order valence-corrected chi connectivity index (χ1v) is 5.89.